The second-order valence-corrected chi connectivity index (χ2v) is 8.20. The van der Waals surface area contributed by atoms with E-state index in [9.17, 15) is 19.2 Å². The molecule has 1 aliphatic rings. The summed E-state index contributed by atoms with van der Waals surface area (Å²) in [6.07, 6.45) is -0.232. The number of hydrogen-bond donors (Lipinski definition) is 2. The molecule has 1 aromatic heterocycles. The van der Waals surface area contributed by atoms with E-state index in [0.717, 1.165) is 11.8 Å². The van der Waals surface area contributed by atoms with Gasteiger partial charge in [-0.15, -0.1) is 0 Å². The monoisotopic (exact) mass is 458 g/mol. The molecule has 0 radical (unpaired) electrons. The lowest BCUT2D eigenvalue weighted by Gasteiger charge is -2.09. The van der Waals surface area contributed by atoms with E-state index in [4.69, 9.17) is 20.8 Å². The maximum Gasteiger partial charge on any atom is 0.286 e. The third kappa shape index (κ3) is 4.14. The van der Waals surface area contributed by atoms with Crippen molar-refractivity contribution >= 4 is 62.9 Å². The van der Waals surface area contributed by atoms with Crippen LogP contribution < -0.4 is 15.4 Å². The number of carbonyl (C=O) groups excluding carboxylic acids is 4. The summed E-state index contributed by atoms with van der Waals surface area (Å²) in [6, 6.07) is 11.4. The first-order valence-corrected chi connectivity index (χ1v) is 10.3. The summed E-state index contributed by atoms with van der Waals surface area (Å²) in [4.78, 5) is 48.8. The van der Waals surface area contributed by atoms with Crippen molar-refractivity contribution in [2.24, 2.45) is 0 Å². The predicted molar refractivity (Wildman–Crippen MR) is 116 cm³/mol. The summed E-state index contributed by atoms with van der Waals surface area (Å²) in [5.41, 5.74) is 0.841. The van der Waals surface area contributed by atoms with E-state index in [-0.39, 0.29) is 28.5 Å². The summed E-state index contributed by atoms with van der Waals surface area (Å²) >= 11 is 6.89. The molecule has 1 aliphatic heterocycles. The molecule has 10 heteroatoms. The van der Waals surface area contributed by atoms with Gasteiger partial charge >= 0.3 is 0 Å². The molecule has 1 fully saturated rings. The zero-order chi connectivity index (χ0) is 22.1. The number of thioether (sulfide) groups is 1. The van der Waals surface area contributed by atoms with Crippen molar-refractivity contribution in [2.75, 3.05) is 12.4 Å². The van der Waals surface area contributed by atoms with Crippen LogP contribution in [-0.2, 0) is 9.59 Å². The maximum absolute atomic E-state index is 13.2. The largest absolute Gasteiger partial charge is 0.495 e. The fraction of sp³-hybridized carbons (Fsp3) is 0.143. The highest BCUT2D eigenvalue weighted by atomic mass is 35.5. The van der Waals surface area contributed by atoms with Crippen LogP contribution in [0.25, 0.3) is 11.0 Å². The Morgan fingerprint density at radius 1 is 1.23 bits per heavy atom. The Morgan fingerprint density at radius 3 is 2.68 bits per heavy atom. The van der Waals surface area contributed by atoms with Crippen LogP contribution >= 0.6 is 23.4 Å². The van der Waals surface area contributed by atoms with Gasteiger partial charge in [-0.2, -0.15) is 0 Å². The van der Waals surface area contributed by atoms with Gasteiger partial charge in [0.25, 0.3) is 5.24 Å². The number of fused-ring (bicyclic) bond motifs is 1. The van der Waals surface area contributed by atoms with Crippen molar-refractivity contribution in [1.82, 2.24) is 5.32 Å². The van der Waals surface area contributed by atoms with Crippen molar-refractivity contribution in [3.8, 4) is 5.75 Å². The minimum absolute atomic E-state index is 0.0737. The molecule has 3 amide bonds. The van der Waals surface area contributed by atoms with E-state index < -0.39 is 28.1 Å². The van der Waals surface area contributed by atoms with Gasteiger partial charge < -0.3 is 14.5 Å². The van der Waals surface area contributed by atoms with E-state index >= 15 is 0 Å². The molecule has 4 rings (SSSR count). The maximum atomic E-state index is 13.2. The fourth-order valence-electron chi connectivity index (χ4n) is 3.15. The van der Waals surface area contributed by atoms with Crippen LogP contribution in [0.1, 0.15) is 22.5 Å². The zero-order valence-electron chi connectivity index (χ0n) is 16.1. The van der Waals surface area contributed by atoms with Gasteiger partial charge in [-0.05, 0) is 30.3 Å². The molecular weight excluding hydrogens is 444 g/mol. The van der Waals surface area contributed by atoms with Crippen molar-refractivity contribution in [2.45, 2.75) is 11.7 Å². The molecule has 0 saturated carbocycles. The SMILES string of the molecule is COc1ccc(C(=O)c2oc3ccccc3c2NC(=O)CC2SC(=O)NC2=O)cc1Cl. The first-order valence-electron chi connectivity index (χ1n) is 9.08. The summed E-state index contributed by atoms with van der Waals surface area (Å²) in [7, 11) is 1.46. The highest BCUT2D eigenvalue weighted by molar-refractivity contribution is 8.15. The third-order valence-corrected chi connectivity index (χ3v) is 5.89. The minimum atomic E-state index is -0.829. The normalized spacial score (nSPS) is 15.7. The second kappa shape index (κ2) is 8.44. The van der Waals surface area contributed by atoms with E-state index in [2.05, 4.69) is 10.6 Å². The molecule has 0 spiro atoms. The number of amides is 3. The topological polar surface area (TPSA) is 115 Å². The molecule has 31 heavy (non-hydrogen) atoms. The minimum Gasteiger partial charge on any atom is -0.495 e. The Hall–Kier alpha value is -3.30. The van der Waals surface area contributed by atoms with Crippen LogP contribution in [-0.4, -0.2) is 35.2 Å². The van der Waals surface area contributed by atoms with Crippen LogP contribution in [0.2, 0.25) is 5.02 Å². The predicted octanol–water partition coefficient (Wildman–Crippen LogP) is 4.01. The van der Waals surface area contributed by atoms with Crippen molar-refractivity contribution in [3.05, 3.63) is 58.8 Å². The third-order valence-electron chi connectivity index (χ3n) is 4.62. The molecule has 1 saturated heterocycles. The number of halogens is 1. The van der Waals surface area contributed by atoms with Gasteiger partial charge in [-0.3, -0.25) is 24.5 Å². The lowest BCUT2D eigenvalue weighted by Crippen LogP contribution is -2.27. The first-order chi connectivity index (χ1) is 14.9. The molecule has 0 aliphatic carbocycles. The molecule has 3 aromatic rings. The molecule has 8 nitrogen and oxygen atoms in total. The summed E-state index contributed by atoms with van der Waals surface area (Å²) in [6.45, 7) is 0. The van der Waals surface area contributed by atoms with E-state index in [1.807, 2.05) is 0 Å². The summed E-state index contributed by atoms with van der Waals surface area (Å²) < 4.78 is 10.9. The van der Waals surface area contributed by atoms with Gasteiger partial charge in [0.05, 0.1) is 17.8 Å². The Kier molecular flexibility index (Phi) is 5.71. The van der Waals surface area contributed by atoms with Gasteiger partial charge in [0.1, 0.15) is 16.6 Å². The number of furan rings is 1. The molecule has 0 bridgehead atoms. The van der Waals surface area contributed by atoms with Gasteiger partial charge in [-0.1, -0.05) is 35.5 Å². The number of carbonyl (C=O) groups is 4. The molecule has 158 valence electrons. The Bertz CT molecular complexity index is 1240. The van der Waals surface area contributed by atoms with Crippen LogP contribution in [0.15, 0.2) is 46.9 Å². The highest BCUT2D eigenvalue weighted by Gasteiger charge is 2.34. The Morgan fingerprint density at radius 2 is 2.00 bits per heavy atom. The van der Waals surface area contributed by atoms with Crippen LogP contribution in [0.4, 0.5) is 10.5 Å². The first kappa shape index (κ1) is 21.0. The lowest BCUT2D eigenvalue weighted by atomic mass is 10.1. The quantitative estimate of drug-likeness (QED) is 0.536. The molecular formula is C21H15ClN2O6S. The van der Waals surface area contributed by atoms with Gasteiger partial charge in [0.15, 0.2) is 5.76 Å². The van der Waals surface area contributed by atoms with Gasteiger partial charge in [0, 0.05) is 17.4 Å². The Balaban J connectivity index is 1.66. The number of hydrogen-bond acceptors (Lipinski definition) is 7. The summed E-state index contributed by atoms with van der Waals surface area (Å²) in [5.74, 6) is -1.20. The number of imide groups is 1. The van der Waals surface area contributed by atoms with Crippen LogP contribution in [0, 0.1) is 0 Å². The van der Waals surface area contributed by atoms with Gasteiger partial charge in [-0.25, -0.2) is 0 Å². The number of methoxy groups -OCH3 is 1. The number of ether oxygens (including phenoxy) is 1. The number of rotatable bonds is 6. The van der Waals surface area contributed by atoms with E-state index in [1.165, 1.54) is 19.2 Å². The van der Waals surface area contributed by atoms with Crippen LogP contribution in [0.5, 0.6) is 5.75 Å². The van der Waals surface area contributed by atoms with E-state index in [0.29, 0.717) is 16.7 Å². The van der Waals surface area contributed by atoms with Crippen molar-refractivity contribution < 1.29 is 28.3 Å². The number of benzene rings is 2. The molecule has 1 unspecified atom stereocenters. The van der Waals surface area contributed by atoms with Crippen LogP contribution in [0.3, 0.4) is 0 Å². The number of para-hydroxylation sites is 1. The fourth-order valence-corrected chi connectivity index (χ4v) is 4.23. The molecule has 2 aromatic carbocycles. The number of nitrogens with one attached hydrogen (secondary N) is 2. The number of anilines is 1. The molecule has 2 heterocycles. The molecule has 2 N–H and O–H groups in total. The average molecular weight is 459 g/mol. The van der Waals surface area contributed by atoms with Crippen molar-refractivity contribution in [3.63, 3.8) is 0 Å². The average Bonchev–Trinajstić information content (AvgIpc) is 3.26. The van der Waals surface area contributed by atoms with Gasteiger partial charge in [0.2, 0.25) is 17.6 Å². The smallest absolute Gasteiger partial charge is 0.286 e. The Labute approximate surface area is 185 Å². The highest BCUT2D eigenvalue weighted by Crippen LogP contribution is 2.34. The van der Waals surface area contributed by atoms with E-state index in [1.54, 1.807) is 30.3 Å². The zero-order valence-corrected chi connectivity index (χ0v) is 17.6. The lowest BCUT2D eigenvalue weighted by molar-refractivity contribution is -0.122. The number of ketones is 1. The standard InChI is InChI=1S/C21H15ClN2O6S/c1-29-14-7-6-10(8-12(14)22)18(26)19-17(11-4-2-3-5-13(11)30-19)23-16(25)9-15-20(27)24-21(28)31-15/h2-8,15H,9H2,1H3,(H,23,25)(H,24,27,28). The summed E-state index contributed by atoms with van der Waals surface area (Å²) in [5, 5.41) is 4.26. The van der Waals surface area contributed by atoms with Crippen molar-refractivity contribution in [1.29, 1.82) is 0 Å². The second-order valence-electron chi connectivity index (χ2n) is 6.62. The molecule has 1 atom stereocenters.